The predicted octanol–water partition coefficient (Wildman–Crippen LogP) is 3.99. The van der Waals surface area contributed by atoms with E-state index in [0.717, 1.165) is 18.2 Å². The molecule has 4 aromatic carbocycles. The van der Waals surface area contributed by atoms with Gasteiger partial charge < -0.3 is 54.0 Å². The maximum absolute atomic E-state index is 12.8. The number of carbonyl (C=O) groups excluding carboxylic acids is 2. The molecule has 0 amide bonds. The van der Waals surface area contributed by atoms with Crippen LogP contribution in [0.15, 0.2) is 112 Å². The van der Waals surface area contributed by atoms with E-state index in [9.17, 15) is 45.0 Å². The molecule has 14 heteroatoms. The van der Waals surface area contributed by atoms with E-state index in [2.05, 4.69) is 0 Å². The topological polar surface area (TPSA) is 223 Å². The highest BCUT2D eigenvalue weighted by Gasteiger charge is 2.48. The second kappa shape index (κ2) is 15.7. The van der Waals surface area contributed by atoms with Gasteiger partial charge in [-0.05, 0) is 71.8 Å². The van der Waals surface area contributed by atoms with Crippen LogP contribution in [0.5, 0.6) is 28.7 Å². The van der Waals surface area contributed by atoms with E-state index in [1.165, 1.54) is 72.8 Å². The maximum atomic E-state index is 12.8. The third-order valence-corrected chi connectivity index (χ3v) is 8.08. The predicted molar refractivity (Wildman–Crippen MR) is 188 cm³/mol. The standard InChI is InChI=1S/C39H32O14/c40-24-9-1-21(2-10-24)5-15-33(45)49-20-32-36(47)38(53-34(46)16-6-22-3-11-25(41)12-4-22)37(48)39(52-32)50-27-13-7-23(8-14-27)30-19-29(44)35-28(43)17-26(42)18-31(35)51-30/h1-19,32,36-43,47-48H,20H2/b15-5+,16-6+/t32-,36-,37-,38+,39-/m1/s1. The van der Waals surface area contributed by atoms with Crippen LogP contribution in [-0.4, -0.2) is 79.9 Å². The van der Waals surface area contributed by atoms with Gasteiger partial charge >= 0.3 is 11.9 Å². The van der Waals surface area contributed by atoms with E-state index in [1.54, 1.807) is 24.3 Å². The lowest BCUT2D eigenvalue weighted by Gasteiger charge is -2.41. The van der Waals surface area contributed by atoms with Crippen LogP contribution < -0.4 is 10.2 Å². The summed E-state index contributed by atoms with van der Waals surface area (Å²) >= 11 is 0. The summed E-state index contributed by atoms with van der Waals surface area (Å²) in [6.07, 6.45) is -2.89. The SMILES string of the molecule is O=C(/C=C/c1ccc(O)cc1)OC[C@H]1O[C@@H](Oc2ccc(-c3cc(=O)c4c(O)cc(O)cc4o3)cc2)[C@H](O)[C@@H](OC(=O)/C=C/c2ccc(O)cc2)[C@@H]1O. The zero-order chi connectivity index (χ0) is 37.6. The van der Waals surface area contributed by atoms with Gasteiger partial charge in [0, 0.05) is 35.9 Å². The fourth-order valence-electron chi connectivity index (χ4n) is 5.39. The number of carbonyl (C=O) groups is 2. The molecule has 0 aliphatic carbocycles. The first-order valence-corrected chi connectivity index (χ1v) is 16.0. The summed E-state index contributed by atoms with van der Waals surface area (Å²) in [4.78, 5) is 38.0. The number of hydrogen-bond donors (Lipinski definition) is 6. The summed E-state index contributed by atoms with van der Waals surface area (Å²) in [6, 6.07) is 21.4. The number of esters is 2. The van der Waals surface area contributed by atoms with Crippen LogP contribution >= 0.6 is 0 Å². The van der Waals surface area contributed by atoms with Crippen molar-refractivity contribution in [3.8, 4) is 40.1 Å². The lowest BCUT2D eigenvalue weighted by Crippen LogP contribution is -2.61. The molecule has 5 atom stereocenters. The fraction of sp³-hybridized carbons (Fsp3) is 0.154. The minimum atomic E-state index is -1.74. The second-order valence-corrected chi connectivity index (χ2v) is 11.9. The van der Waals surface area contributed by atoms with Crippen molar-refractivity contribution in [2.24, 2.45) is 0 Å². The van der Waals surface area contributed by atoms with Gasteiger partial charge in [0.05, 0.1) is 0 Å². The Kier molecular flexibility index (Phi) is 10.7. The molecule has 1 aliphatic rings. The smallest absolute Gasteiger partial charge is 0.331 e. The largest absolute Gasteiger partial charge is 0.508 e. The zero-order valence-corrected chi connectivity index (χ0v) is 27.5. The third kappa shape index (κ3) is 8.83. The molecule has 0 spiro atoms. The third-order valence-electron chi connectivity index (χ3n) is 8.08. The molecule has 14 nitrogen and oxygen atoms in total. The molecule has 5 aromatic rings. The van der Waals surface area contributed by atoms with E-state index < -0.39 is 60.4 Å². The van der Waals surface area contributed by atoms with E-state index in [0.29, 0.717) is 16.7 Å². The summed E-state index contributed by atoms with van der Waals surface area (Å²) in [5.41, 5.74) is 0.991. The summed E-state index contributed by atoms with van der Waals surface area (Å²) < 4.78 is 28.1. The van der Waals surface area contributed by atoms with Crippen molar-refractivity contribution in [2.45, 2.75) is 30.7 Å². The molecular formula is C39H32O14. The molecule has 53 heavy (non-hydrogen) atoms. The Morgan fingerprint density at radius 2 is 1.32 bits per heavy atom. The Hall–Kier alpha value is -6.61. The zero-order valence-electron chi connectivity index (χ0n) is 27.5. The number of hydrogen-bond acceptors (Lipinski definition) is 14. The van der Waals surface area contributed by atoms with Gasteiger partial charge in [-0.15, -0.1) is 0 Å². The van der Waals surface area contributed by atoms with Crippen molar-refractivity contribution in [1.82, 2.24) is 0 Å². The highest BCUT2D eigenvalue weighted by Crippen LogP contribution is 2.32. The van der Waals surface area contributed by atoms with E-state index in [1.807, 2.05) is 0 Å². The first kappa shape index (κ1) is 36.2. The van der Waals surface area contributed by atoms with Gasteiger partial charge in [0.15, 0.2) is 17.6 Å². The van der Waals surface area contributed by atoms with Crippen LogP contribution in [0.4, 0.5) is 0 Å². The number of aliphatic hydroxyl groups is 2. The molecule has 1 aromatic heterocycles. The molecule has 0 saturated carbocycles. The van der Waals surface area contributed by atoms with Crippen molar-refractivity contribution < 1.29 is 63.6 Å². The normalized spacial score (nSPS) is 20.1. The summed E-state index contributed by atoms with van der Waals surface area (Å²) in [6.45, 7) is -0.533. The van der Waals surface area contributed by atoms with Crippen LogP contribution in [0, 0.1) is 0 Å². The number of aromatic hydroxyl groups is 4. The molecule has 1 saturated heterocycles. The number of rotatable bonds is 10. The molecule has 1 aliphatic heterocycles. The van der Waals surface area contributed by atoms with Crippen molar-refractivity contribution in [1.29, 1.82) is 0 Å². The molecule has 2 heterocycles. The van der Waals surface area contributed by atoms with E-state index in [4.69, 9.17) is 23.4 Å². The number of fused-ring (bicyclic) bond motifs is 1. The Balaban J connectivity index is 1.19. The molecular weight excluding hydrogens is 692 g/mol. The number of aliphatic hydroxyl groups excluding tert-OH is 2. The van der Waals surface area contributed by atoms with Crippen LogP contribution in [0.25, 0.3) is 34.4 Å². The van der Waals surface area contributed by atoms with Crippen molar-refractivity contribution >= 4 is 35.1 Å². The lowest BCUT2D eigenvalue weighted by molar-refractivity contribution is -0.281. The molecule has 272 valence electrons. The quantitative estimate of drug-likeness (QED) is 0.0886. The van der Waals surface area contributed by atoms with Gasteiger partial charge in [-0.25, -0.2) is 9.59 Å². The van der Waals surface area contributed by atoms with Gasteiger partial charge in [0.25, 0.3) is 0 Å². The van der Waals surface area contributed by atoms with E-state index >= 15 is 0 Å². The number of phenols is 4. The molecule has 0 radical (unpaired) electrons. The minimum absolute atomic E-state index is 0.0315. The Morgan fingerprint density at radius 1 is 0.717 bits per heavy atom. The van der Waals surface area contributed by atoms with Crippen molar-refractivity contribution in [3.63, 3.8) is 0 Å². The first-order chi connectivity index (χ1) is 25.4. The van der Waals surface area contributed by atoms with Gasteiger partial charge in [-0.3, -0.25) is 4.79 Å². The summed E-state index contributed by atoms with van der Waals surface area (Å²) in [5, 5.41) is 61.1. The van der Waals surface area contributed by atoms with Crippen LogP contribution in [0.1, 0.15) is 11.1 Å². The summed E-state index contributed by atoms with van der Waals surface area (Å²) in [5.74, 6) is -2.13. The minimum Gasteiger partial charge on any atom is -0.508 e. The first-order valence-electron chi connectivity index (χ1n) is 16.0. The Labute approximate surface area is 300 Å². The Bertz CT molecular complexity index is 2210. The number of phenolic OH excluding ortho intramolecular Hbond substituents is 4. The molecule has 1 fully saturated rings. The Morgan fingerprint density at radius 3 is 1.94 bits per heavy atom. The second-order valence-electron chi connectivity index (χ2n) is 11.9. The van der Waals surface area contributed by atoms with Crippen LogP contribution in [0.3, 0.4) is 0 Å². The van der Waals surface area contributed by atoms with Gasteiger partial charge in [0.2, 0.25) is 6.29 Å². The molecule has 6 N–H and O–H groups in total. The molecule has 0 unspecified atom stereocenters. The maximum Gasteiger partial charge on any atom is 0.331 e. The van der Waals surface area contributed by atoms with Crippen molar-refractivity contribution in [2.75, 3.05) is 6.61 Å². The van der Waals surface area contributed by atoms with Gasteiger partial charge in [-0.2, -0.15) is 0 Å². The van der Waals surface area contributed by atoms with E-state index in [-0.39, 0.29) is 39.7 Å². The monoisotopic (exact) mass is 724 g/mol. The average Bonchev–Trinajstić information content (AvgIpc) is 3.13. The number of benzene rings is 4. The van der Waals surface area contributed by atoms with Crippen LogP contribution in [-0.2, 0) is 23.8 Å². The summed E-state index contributed by atoms with van der Waals surface area (Å²) in [7, 11) is 0. The van der Waals surface area contributed by atoms with Crippen LogP contribution in [0.2, 0.25) is 0 Å². The van der Waals surface area contributed by atoms with Crippen molar-refractivity contribution in [3.05, 3.63) is 124 Å². The van der Waals surface area contributed by atoms with Gasteiger partial charge in [0.1, 0.15) is 64.3 Å². The van der Waals surface area contributed by atoms with Gasteiger partial charge in [-0.1, -0.05) is 24.3 Å². The lowest BCUT2D eigenvalue weighted by atomic mass is 9.99. The molecule has 0 bridgehead atoms. The highest BCUT2D eigenvalue weighted by atomic mass is 16.7. The average molecular weight is 725 g/mol. The highest BCUT2D eigenvalue weighted by molar-refractivity contribution is 5.88. The fourth-order valence-corrected chi connectivity index (χ4v) is 5.39. The number of ether oxygens (including phenoxy) is 4. The molecule has 6 rings (SSSR count).